The topological polar surface area (TPSA) is 52.6 Å². The van der Waals surface area contributed by atoms with E-state index >= 15 is 0 Å². The van der Waals surface area contributed by atoms with E-state index < -0.39 is 0 Å². The highest BCUT2D eigenvalue weighted by molar-refractivity contribution is 9.10. The Balaban J connectivity index is 2.73. The van der Waals surface area contributed by atoms with Gasteiger partial charge in [-0.1, -0.05) is 28.9 Å². The summed E-state index contributed by atoms with van der Waals surface area (Å²) in [6, 6.07) is 5.62. The molecule has 2 N–H and O–H groups in total. The molecule has 0 radical (unpaired) electrons. The van der Waals surface area contributed by atoms with Crippen molar-refractivity contribution in [1.29, 1.82) is 0 Å². The summed E-state index contributed by atoms with van der Waals surface area (Å²) in [4.78, 5) is 13.5. The molecule has 1 aromatic carbocycles. The maximum absolute atomic E-state index is 11.6. The van der Waals surface area contributed by atoms with Crippen LogP contribution < -0.4 is 10.2 Å². The Labute approximate surface area is 116 Å². The standard InChI is InChI=1S/C13H19BrN2O2/c1-3-6-15-13(18)8-16(2)12-7-11(14)5-4-10(12)9-17/h4-5,7,17H,3,6,8-9H2,1-2H3,(H,15,18). The summed E-state index contributed by atoms with van der Waals surface area (Å²) in [7, 11) is 1.84. The molecule has 0 atom stereocenters. The van der Waals surface area contributed by atoms with E-state index in [1.54, 1.807) is 0 Å². The first kappa shape index (κ1) is 15.0. The first-order chi connectivity index (χ1) is 8.58. The number of rotatable bonds is 6. The van der Waals surface area contributed by atoms with E-state index in [-0.39, 0.29) is 19.1 Å². The predicted octanol–water partition coefficient (Wildman–Crippen LogP) is 1.90. The molecule has 5 heteroatoms. The van der Waals surface area contributed by atoms with Crippen LogP contribution in [-0.4, -0.2) is 31.2 Å². The maximum Gasteiger partial charge on any atom is 0.239 e. The molecule has 0 aliphatic heterocycles. The average Bonchev–Trinajstić information content (AvgIpc) is 2.36. The number of aliphatic hydroxyl groups excluding tert-OH is 1. The molecule has 1 aromatic rings. The van der Waals surface area contributed by atoms with E-state index in [0.29, 0.717) is 6.54 Å². The van der Waals surface area contributed by atoms with Crippen molar-refractivity contribution >= 4 is 27.5 Å². The van der Waals surface area contributed by atoms with Crippen LogP contribution in [-0.2, 0) is 11.4 Å². The van der Waals surface area contributed by atoms with Crippen molar-refractivity contribution in [3.05, 3.63) is 28.2 Å². The summed E-state index contributed by atoms with van der Waals surface area (Å²) in [5.74, 6) is -0.0109. The van der Waals surface area contributed by atoms with Crippen molar-refractivity contribution in [3.63, 3.8) is 0 Å². The number of amides is 1. The Bertz CT molecular complexity index is 410. The number of nitrogens with zero attached hydrogens (tertiary/aromatic N) is 1. The lowest BCUT2D eigenvalue weighted by molar-refractivity contribution is -0.119. The Morgan fingerprint density at radius 2 is 2.22 bits per heavy atom. The zero-order valence-electron chi connectivity index (χ0n) is 10.7. The molecular formula is C13H19BrN2O2. The van der Waals surface area contributed by atoms with E-state index in [0.717, 1.165) is 22.1 Å². The summed E-state index contributed by atoms with van der Waals surface area (Å²) >= 11 is 3.39. The highest BCUT2D eigenvalue weighted by atomic mass is 79.9. The number of hydrogen-bond acceptors (Lipinski definition) is 3. The molecule has 0 aliphatic rings. The highest BCUT2D eigenvalue weighted by Gasteiger charge is 2.11. The van der Waals surface area contributed by atoms with Gasteiger partial charge >= 0.3 is 0 Å². The predicted molar refractivity (Wildman–Crippen MR) is 76.6 cm³/mol. The fourth-order valence-corrected chi connectivity index (χ4v) is 2.00. The number of carbonyl (C=O) groups excluding carboxylic acids is 1. The van der Waals surface area contributed by atoms with Gasteiger partial charge in [0.15, 0.2) is 0 Å². The molecule has 1 amide bonds. The molecule has 0 aromatic heterocycles. The summed E-state index contributed by atoms with van der Waals surface area (Å²) in [5.41, 5.74) is 1.67. The lowest BCUT2D eigenvalue weighted by atomic mass is 10.1. The van der Waals surface area contributed by atoms with Crippen LogP contribution in [0, 0.1) is 0 Å². The van der Waals surface area contributed by atoms with Gasteiger partial charge in [0, 0.05) is 29.3 Å². The average molecular weight is 315 g/mol. The van der Waals surface area contributed by atoms with E-state index in [2.05, 4.69) is 21.2 Å². The van der Waals surface area contributed by atoms with E-state index in [4.69, 9.17) is 0 Å². The van der Waals surface area contributed by atoms with Crippen molar-refractivity contribution in [2.45, 2.75) is 20.0 Å². The number of hydrogen-bond donors (Lipinski definition) is 2. The summed E-state index contributed by atoms with van der Waals surface area (Å²) in [5, 5.41) is 12.1. The quantitative estimate of drug-likeness (QED) is 0.843. The van der Waals surface area contributed by atoms with Gasteiger partial charge in [-0.15, -0.1) is 0 Å². The molecule has 0 saturated carbocycles. The third-order valence-electron chi connectivity index (χ3n) is 2.58. The van der Waals surface area contributed by atoms with Crippen LogP contribution in [0.4, 0.5) is 5.69 Å². The largest absolute Gasteiger partial charge is 0.392 e. The van der Waals surface area contributed by atoms with Crippen molar-refractivity contribution < 1.29 is 9.90 Å². The van der Waals surface area contributed by atoms with Crippen LogP contribution in [0.2, 0.25) is 0 Å². The van der Waals surface area contributed by atoms with E-state index in [9.17, 15) is 9.90 Å². The lowest BCUT2D eigenvalue weighted by Crippen LogP contribution is -2.35. The second-order valence-electron chi connectivity index (χ2n) is 4.14. The Morgan fingerprint density at radius 3 is 2.83 bits per heavy atom. The van der Waals surface area contributed by atoms with Crippen LogP contribution in [0.25, 0.3) is 0 Å². The molecule has 0 spiro atoms. The normalized spacial score (nSPS) is 10.2. The summed E-state index contributed by atoms with van der Waals surface area (Å²) in [6.07, 6.45) is 0.925. The van der Waals surface area contributed by atoms with Gasteiger partial charge in [-0.2, -0.15) is 0 Å². The molecule has 0 heterocycles. The van der Waals surface area contributed by atoms with E-state index in [1.807, 2.05) is 37.1 Å². The molecule has 0 aliphatic carbocycles. The number of likely N-dealkylation sites (N-methyl/N-ethyl adjacent to an activating group) is 1. The van der Waals surface area contributed by atoms with Crippen LogP contribution in [0.15, 0.2) is 22.7 Å². The monoisotopic (exact) mass is 314 g/mol. The van der Waals surface area contributed by atoms with Gasteiger partial charge < -0.3 is 15.3 Å². The second-order valence-corrected chi connectivity index (χ2v) is 5.05. The minimum atomic E-state index is -0.0382. The Kier molecular flexibility index (Phi) is 6.15. The Morgan fingerprint density at radius 1 is 1.50 bits per heavy atom. The first-order valence-corrected chi connectivity index (χ1v) is 6.75. The van der Waals surface area contributed by atoms with Gasteiger partial charge in [-0.05, 0) is 18.6 Å². The molecule has 0 fully saturated rings. The third-order valence-corrected chi connectivity index (χ3v) is 3.08. The smallest absolute Gasteiger partial charge is 0.239 e. The molecule has 0 unspecified atom stereocenters. The second kappa shape index (κ2) is 7.38. The molecule has 0 bridgehead atoms. The summed E-state index contributed by atoms with van der Waals surface area (Å²) in [6.45, 7) is 2.95. The molecule has 0 saturated heterocycles. The fraction of sp³-hybridized carbons (Fsp3) is 0.462. The van der Waals surface area contributed by atoms with E-state index in [1.165, 1.54) is 0 Å². The molecule has 1 rings (SSSR count). The SMILES string of the molecule is CCCNC(=O)CN(C)c1cc(Br)ccc1CO. The number of anilines is 1. The van der Waals surface area contributed by atoms with Crippen LogP contribution in [0.1, 0.15) is 18.9 Å². The molecule has 100 valence electrons. The molecule has 18 heavy (non-hydrogen) atoms. The molecular weight excluding hydrogens is 296 g/mol. The van der Waals surface area contributed by atoms with Gasteiger partial charge in [-0.25, -0.2) is 0 Å². The van der Waals surface area contributed by atoms with Gasteiger partial charge in [0.2, 0.25) is 5.91 Å². The number of carbonyl (C=O) groups is 1. The van der Waals surface area contributed by atoms with Crippen molar-refractivity contribution in [2.24, 2.45) is 0 Å². The minimum absolute atomic E-state index is 0.0109. The fourth-order valence-electron chi connectivity index (χ4n) is 1.65. The highest BCUT2D eigenvalue weighted by Crippen LogP contribution is 2.24. The lowest BCUT2D eigenvalue weighted by Gasteiger charge is -2.21. The van der Waals surface area contributed by atoms with Crippen LogP contribution in [0.5, 0.6) is 0 Å². The number of aliphatic hydroxyl groups is 1. The zero-order valence-corrected chi connectivity index (χ0v) is 12.3. The first-order valence-electron chi connectivity index (χ1n) is 5.95. The maximum atomic E-state index is 11.6. The van der Waals surface area contributed by atoms with Crippen molar-refractivity contribution in [3.8, 4) is 0 Å². The van der Waals surface area contributed by atoms with Crippen LogP contribution in [0.3, 0.4) is 0 Å². The van der Waals surface area contributed by atoms with Crippen LogP contribution >= 0.6 is 15.9 Å². The van der Waals surface area contributed by atoms with Gasteiger partial charge in [0.1, 0.15) is 0 Å². The number of nitrogens with one attached hydrogen (secondary N) is 1. The summed E-state index contributed by atoms with van der Waals surface area (Å²) < 4.78 is 0.926. The van der Waals surface area contributed by atoms with Gasteiger partial charge in [0.05, 0.1) is 13.2 Å². The Hall–Kier alpha value is -1.07. The van der Waals surface area contributed by atoms with Crippen molar-refractivity contribution in [1.82, 2.24) is 5.32 Å². The number of halogens is 1. The van der Waals surface area contributed by atoms with Gasteiger partial charge in [-0.3, -0.25) is 4.79 Å². The minimum Gasteiger partial charge on any atom is -0.392 e. The van der Waals surface area contributed by atoms with Crippen molar-refractivity contribution in [2.75, 3.05) is 25.0 Å². The van der Waals surface area contributed by atoms with Gasteiger partial charge in [0.25, 0.3) is 0 Å². The third kappa shape index (κ3) is 4.31. The molecule has 4 nitrogen and oxygen atoms in total. The zero-order chi connectivity index (χ0) is 13.5. The number of benzene rings is 1.